The molecule has 0 saturated heterocycles. The van der Waals surface area contributed by atoms with Crippen molar-refractivity contribution in [1.29, 1.82) is 0 Å². The molecule has 0 aliphatic heterocycles. The number of rotatable bonds is 8. The van der Waals surface area contributed by atoms with Crippen LogP contribution in [0.15, 0.2) is 43.0 Å². The first-order chi connectivity index (χ1) is 11.3. The number of amides is 1. The summed E-state index contributed by atoms with van der Waals surface area (Å²) in [6.07, 6.45) is 7.54. The normalized spacial score (nSPS) is 12.6. The van der Waals surface area contributed by atoms with E-state index in [2.05, 4.69) is 15.0 Å². The molecule has 7 nitrogen and oxygen atoms in total. The average Bonchev–Trinajstić information content (AvgIpc) is 2.99. The van der Waals surface area contributed by atoms with Gasteiger partial charge in [-0.3, -0.25) is 9.52 Å². The van der Waals surface area contributed by atoms with Gasteiger partial charge in [0, 0.05) is 31.0 Å². The number of carbonyl (C=O) groups is 1. The Morgan fingerprint density at radius 2 is 2.17 bits per heavy atom. The summed E-state index contributed by atoms with van der Waals surface area (Å²) in [5.74, 6) is -0.0379. The number of aromatic nitrogens is 2. The van der Waals surface area contributed by atoms with Crippen LogP contribution in [0, 0.1) is 0 Å². The molecular weight excluding hydrogens is 328 g/mol. The number of carbonyl (C=O) groups excluding carboxylic acids is 1. The zero-order valence-corrected chi connectivity index (χ0v) is 14.6. The van der Waals surface area contributed by atoms with Crippen molar-refractivity contribution < 1.29 is 13.2 Å². The van der Waals surface area contributed by atoms with Crippen LogP contribution < -0.4 is 10.0 Å². The summed E-state index contributed by atoms with van der Waals surface area (Å²) in [7, 11) is -3.32. The third-order valence-electron chi connectivity index (χ3n) is 3.45. The monoisotopic (exact) mass is 350 g/mol. The lowest BCUT2D eigenvalue weighted by molar-refractivity contribution is -0.121. The Bertz CT molecular complexity index is 772. The molecule has 0 aliphatic carbocycles. The van der Waals surface area contributed by atoms with Gasteiger partial charge in [-0.25, -0.2) is 13.4 Å². The molecule has 130 valence electrons. The Morgan fingerprint density at radius 3 is 2.83 bits per heavy atom. The van der Waals surface area contributed by atoms with Crippen molar-refractivity contribution in [3.63, 3.8) is 0 Å². The summed E-state index contributed by atoms with van der Waals surface area (Å²) in [4.78, 5) is 16.0. The highest BCUT2D eigenvalue weighted by atomic mass is 32.2. The molecule has 1 atom stereocenters. The van der Waals surface area contributed by atoms with Crippen molar-refractivity contribution in [3.05, 3.63) is 48.5 Å². The molecule has 0 fully saturated rings. The molecule has 0 spiro atoms. The Hall–Kier alpha value is -2.35. The van der Waals surface area contributed by atoms with E-state index in [1.807, 2.05) is 23.8 Å². The fourth-order valence-electron chi connectivity index (χ4n) is 2.32. The summed E-state index contributed by atoms with van der Waals surface area (Å²) in [5, 5.41) is 2.93. The van der Waals surface area contributed by atoms with Gasteiger partial charge in [0.25, 0.3) is 0 Å². The lowest BCUT2D eigenvalue weighted by Gasteiger charge is -2.15. The fourth-order valence-corrected chi connectivity index (χ4v) is 2.88. The molecule has 2 aromatic rings. The highest BCUT2D eigenvalue weighted by Crippen LogP contribution is 2.18. The van der Waals surface area contributed by atoms with Crippen LogP contribution in [0.1, 0.15) is 31.4 Å². The Kier molecular flexibility index (Phi) is 5.97. The molecule has 1 amide bonds. The smallest absolute Gasteiger partial charge is 0.229 e. The fraction of sp³-hybridized carbons (Fsp3) is 0.375. The summed E-state index contributed by atoms with van der Waals surface area (Å²) >= 11 is 0. The SMILES string of the molecule is CC(NC(=O)CCCn1ccnc1)c1cccc(NS(C)(=O)=O)c1. The van der Waals surface area contributed by atoms with Crippen molar-refractivity contribution >= 4 is 21.6 Å². The Labute approximate surface area is 142 Å². The minimum atomic E-state index is -3.32. The maximum absolute atomic E-state index is 12.0. The van der Waals surface area contributed by atoms with E-state index in [4.69, 9.17) is 0 Å². The Morgan fingerprint density at radius 1 is 1.38 bits per heavy atom. The molecule has 0 radical (unpaired) electrons. The third-order valence-corrected chi connectivity index (χ3v) is 4.05. The largest absolute Gasteiger partial charge is 0.350 e. The number of hydrogen-bond donors (Lipinski definition) is 2. The van der Waals surface area contributed by atoms with Gasteiger partial charge in [-0.1, -0.05) is 12.1 Å². The summed E-state index contributed by atoms with van der Waals surface area (Å²) in [6, 6.07) is 6.79. The minimum Gasteiger partial charge on any atom is -0.350 e. The number of anilines is 1. The number of nitrogens with one attached hydrogen (secondary N) is 2. The molecule has 8 heteroatoms. The Balaban J connectivity index is 1.85. The van der Waals surface area contributed by atoms with Crippen LogP contribution in [0.4, 0.5) is 5.69 Å². The van der Waals surface area contributed by atoms with Crippen molar-refractivity contribution in [2.24, 2.45) is 0 Å². The molecule has 1 heterocycles. The zero-order valence-electron chi connectivity index (χ0n) is 13.8. The molecule has 1 unspecified atom stereocenters. The van der Waals surface area contributed by atoms with E-state index in [0.29, 0.717) is 12.1 Å². The van der Waals surface area contributed by atoms with Crippen molar-refractivity contribution in [3.8, 4) is 0 Å². The number of benzene rings is 1. The number of imidazole rings is 1. The van der Waals surface area contributed by atoms with Gasteiger partial charge in [-0.2, -0.15) is 0 Å². The minimum absolute atomic E-state index is 0.0379. The van der Waals surface area contributed by atoms with Crippen molar-refractivity contribution in [2.45, 2.75) is 32.4 Å². The van der Waals surface area contributed by atoms with Crippen LogP contribution in [0.2, 0.25) is 0 Å². The number of hydrogen-bond acceptors (Lipinski definition) is 4. The van der Waals surface area contributed by atoms with E-state index in [9.17, 15) is 13.2 Å². The van der Waals surface area contributed by atoms with Gasteiger partial charge in [-0.15, -0.1) is 0 Å². The van der Waals surface area contributed by atoms with E-state index in [0.717, 1.165) is 24.8 Å². The first kappa shape index (κ1) is 18.0. The van der Waals surface area contributed by atoms with Crippen molar-refractivity contribution in [1.82, 2.24) is 14.9 Å². The van der Waals surface area contributed by atoms with Gasteiger partial charge >= 0.3 is 0 Å². The standard InChI is InChI=1S/C16H22N4O3S/c1-13(14-5-3-6-15(11-14)19-24(2,22)23)18-16(21)7-4-9-20-10-8-17-12-20/h3,5-6,8,10-13,19H,4,7,9H2,1-2H3,(H,18,21). The lowest BCUT2D eigenvalue weighted by Crippen LogP contribution is -2.26. The summed E-state index contributed by atoms with van der Waals surface area (Å²) in [5.41, 5.74) is 1.32. The quantitative estimate of drug-likeness (QED) is 0.760. The molecule has 0 saturated carbocycles. The maximum Gasteiger partial charge on any atom is 0.229 e. The first-order valence-corrected chi connectivity index (χ1v) is 9.55. The molecule has 2 N–H and O–H groups in total. The van der Waals surface area contributed by atoms with E-state index >= 15 is 0 Å². The number of sulfonamides is 1. The first-order valence-electron chi connectivity index (χ1n) is 7.66. The second kappa shape index (κ2) is 7.96. The zero-order chi connectivity index (χ0) is 17.6. The van der Waals surface area contributed by atoms with Gasteiger partial charge in [0.15, 0.2) is 0 Å². The maximum atomic E-state index is 12.0. The van der Waals surface area contributed by atoms with Crippen LogP contribution in [0.25, 0.3) is 0 Å². The molecule has 1 aromatic carbocycles. The third kappa shape index (κ3) is 6.04. The van der Waals surface area contributed by atoms with Crippen LogP contribution in [-0.2, 0) is 21.4 Å². The van der Waals surface area contributed by atoms with E-state index in [1.165, 1.54) is 0 Å². The second-order valence-corrected chi connectivity index (χ2v) is 7.44. The van der Waals surface area contributed by atoms with Crippen LogP contribution >= 0.6 is 0 Å². The van der Waals surface area contributed by atoms with Gasteiger partial charge in [0.2, 0.25) is 15.9 Å². The van der Waals surface area contributed by atoms with E-state index in [-0.39, 0.29) is 11.9 Å². The molecule has 0 aliphatic rings. The summed E-state index contributed by atoms with van der Waals surface area (Å²) < 4.78 is 26.9. The van der Waals surface area contributed by atoms with Gasteiger partial charge in [0.05, 0.1) is 18.6 Å². The number of nitrogens with zero attached hydrogens (tertiary/aromatic N) is 2. The molecule has 1 aromatic heterocycles. The molecular formula is C16H22N4O3S. The predicted molar refractivity (Wildman–Crippen MR) is 92.9 cm³/mol. The van der Waals surface area contributed by atoms with Crippen LogP contribution in [0.5, 0.6) is 0 Å². The van der Waals surface area contributed by atoms with Gasteiger partial charge in [-0.05, 0) is 31.0 Å². The van der Waals surface area contributed by atoms with Crippen LogP contribution in [-0.4, -0.2) is 30.1 Å². The van der Waals surface area contributed by atoms with E-state index in [1.54, 1.807) is 30.7 Å². The van der Waals surface area contributed by atoms with Gasteiger partial charge in [0.1, 0.15) is 0 Å². The highest BCUT2D eigenvalue weighted by molar-refractivity contribution is 7.92. The van der Waals surface area contributed by atoms with Gasteiger partial charge < -0.3 is 9.88 Å². The lowest BCUT2D eigenvalue weighted by atomic mass is 10.1. The predicted octanol–water partition coefficient (Wildman–Crippen LogP) is 1.91. The highest BCUT2D eigenvalue weighted by Gasteiger charge is 2.11. The molecule has 0 bridgehead atoms. The number of aryl methyl sites for hydroxylation is 1. The second-order valence-electron chi connectivity index (χ2n) is 5.69. The van der Waals surface area contributed by atoms with Crippen molar-refractivity contribution in [2.75, 3.05) is 11.0 Å². The summed E-state index contributed by atoms with van der Waals surface area (Å²) in [6.45, 7) is 2.61. The topological polar surface area (TPSA) is 93.1 Å². The van der Waals surface area contributed by atoms with E-state index < -0.39 is 10.0 Å². The average molecular weight is 350 g/mol. The molecule has 2 rings (SSSR count). The molecule has 24 heavy (non-hydrogen) atoms. The van der Waals surface area contributed by atoms with Crippen LogP contribution in [0.3, 0.4) is 0 Å².